The maximum Gasteiger partial charge on any atom is 0.340 e. The highest BCUT2D eigenvalue weighted by molar-refractivity contribution is 9.10. The number of nitrogens with zero attached hydrogens (tertiary/aromatic N) is 1. The summed E-state index contributed by atoms with van der Waals surface area (Å²) < 4.78 is 13.9. The summed E-state index contributed by atoms with van der Waals surface area (Å²) in [6.45, 7) is 5.57. The Morgan fingerprint density at radius 3 is 2.60 bits per heavy atom. The molecule has 0 aliphatic carbocycles. The van der Waals surface area contributed by atoms with Gasteiger partial charge in [0.05, 0.1) is 35.8 Å². The Morgan fingerprint density at radius 1 is 1.17 bits per heavy atom. The molecule has 2 N–H and O–H groups in total. The smallest absolute Gasteiger partial charge is 0.340 e. The molecule has 30 heavy (non-hydrogen) atoms. The number of hydrazine groups is 1. The van der Waals surface area contributed by atoms with Gasteiger partial charge in [-0.3, -0.25) is 0 Å². The average molecular weight is 474 g/mol. The van der Waals surface area contributed by atoms with E-state index in [2.05, 4.69) is 38.3 Å². The largest absolute Gasteiger partial charge is 0.496 e. The molecule has 0 saturated carbocycles. The number of aromatic nitrogens is 1. The summed E-state index contributed by atoms with van der Waals surface area (Å²) in [6, 6.07) is 13.8. The van der Waals surface area contributed by atoms with Crippen LogP contribution in [0.3, 0.4) is 0 Å². The maximum atomic E-state index is 12.9. The van der Waals surface area contributed by atoms with Gasteiger partial charge in [0.15, 0.2) is 0 Å². The number of aryl methyl sites for hydroxylation is 1. The highest BCUT2D eigenvalue weighted by Crippen LogP contribution is 2.36. The molecule has 0 bridgehead atoms. The average Bonchev–Trinajstić information content (AvgIpc) is 3.04. The number of hydrogen-bond acceptors (Lipinski definition) is 5. The molecular formula is C23H28BrN3O3. The van der Waals surface area contributed by atoms with Crippen molar-refractivity contribution < 1.29 is 14.3 Å². The molecule has 3 aromatic rings. The Balaban J connectivity index is 2.07. The standard InChI is InChI=1S/C23H28BrN3O3/c1-4-6-12-27-19-14-18(24)21(29-3)13-17(19)22(23(28)30-5-2)20(27)15-25-26-16-10-8-7-9-11-16/h7-11,13-14,25-26H,4-6,12,15H2,1-3H3. The van der Waals surface area contributed by atoms with E-state index in [1.807, 2.05) is 49.4 Å². The minimum atomic E-state index is -0.321. The van der Waals surface area contributed by atoms with Gasteiger partial charge in [-0.1, -0.05) is 31.5 Å². The molecule has 2 aromatic carbocycles. The quantitative estimate of drug-likeness (QED) is 0.300. The van der Waals surface area contributed by atoms with Crippen LogP contribution < -0.4 is 15.6 Å². The zero-order valence-corrected chi connectivity index (χ0v) is 19.2. The number of carbonyl (C=O) groups excluding carboxylic acids is 1. The van der Waals surface area contributed by atoms with Gasteiger partial charge in [0.1, 0.15) is 5.75 Å². The second-order valence-electron chi connectivity index (χ2n) is 6.90. The van der Waals surface area contributed by atoms with E-state index in [4.69, 9.17) is 9.47 Å². The van der Waals surface area contributed by atoms with E-state index in [-0.39, 0.29) is 5.97 Å². The molecule has 0 unspecified atom stereocenters. The van der Waals surface area contributed by atoms with Gasteiger partial charge in [-0.15, -0.1) is 0 Å². The molecule has 1 aromatic heterocycles. The number of rotatable bonds is 10. The monoisotopic (exact) mass is 473 g/mol. The Hall–Kier alpha value is -2.51. The van der Waals surface area contributed by atoms with Crippen LogP contribution in [0.5, 0.6) is 5.75 Å². The molecule has 0 spiro atoms. The van der Waals surface area contributed by atoms with Gasteiger partial charge in [0, 0.05) is 23.3 Å². The minimum Gasteiger partial charge on any atom is -0.496 e. The molecule has 0 fully saturated rings. The van der Waals surface area contributed by atoms with Crippen LogP contribution >= 0.6 is 15.9 Å². The Bertz CT molecular complexity index is 1000. The van der Waals surface area contributed by atoms with Crippen molar-refractivity contribution in [2.24, 2.45) is 0 Å². The first kappa shape index (κ1) is 22.2. The summed E-state index contributed by atoms with van der Waals surface area (Å²) >= 11 is 3.58. The van der Waals surface area contributed by atoms with E-state index < -0.39 is 0 Å². The SMILES string of the molecule is CCCCn1c(CNNc2ccccc2)c(C(=O)OCC)c2cc(OC)c(Br)cc21. The van der Waals surface area contributed by atoms with E-state index in [9.17, 15) is 4.79 Å². The minimum absolute atomic E-state index is 0.321. The van der Waals surface area contributed by atoms with Gasteiger partial charge < -0.3 is 19.5 Å². The van der Waals surface area contributed by atoms with Crippen molar-refractivity contribution in [3.8, 4) is 5.75 Å². The molecule has 6 nitrogen and oxygen atoms in total. The van der Waals surface area contributed by atoms with Crippen molar-refractivity contribution in [1.82, 2.24) is 9.99 Å². The van der Waals surface area contributed by atoms with Crippen LogP contribution in [-0.4, -0.2) is 24.3 Å². The molecule has 0 saturated heterocycles. The first-order valence-electron chi connectivity index (χ1n) is 10.2. The van der Waals surface area contributed by atoms with Gasteiger partial charge in [-0.25, -0.2) is 10.2 Å². The highest BCUT2D eigenvalue weighted by atomic mass is 79.9. The number of anilines is 1. The van der Waals surface area contributed by atoms with Crippen LogP contribution in [0.15, 0.2) is 46.9 Å². The lowest BCUT2D eigenvalue weighted by Gasteiger charge is -2.14. The molecule has 0 radical (unpaired) electrons. The molecule has 0 atom stereocenters. The lowest BCUT2D eigenvalue weighted by atomic mass is 10.1. The first-order valence-corrected chi connectivity index (χ1v) is 11.0. The molecular weight excluding hydrogens is 446 g/mol. The summed E-state index contributed by atoms with van der Waals surface area (Å²) in [6.07, 6.45) is 2.07. The topological polar surface area (TPSA) is 64.5 Å². The van der Waals surface area contributed by atoms with Gasteiger partial charge in [0.25, 0.3) is 0 Å². The fraction of sp³-hybridized carbons (Fsp3) is 0.348. The molecule has 160 valence electrons. The number of ether oxygens (including phenoxy) is 2. The van der Waals surface area contributed by atoms with Crippen LogP contribution in [0, 0.1) is 0 Å². The van der Waals surface area contributed by atoms with Crippen molar-refractivity contribution in [3.63, 3.8) is 0 Å². The van der Waals surface area contributed by atoms with E-state index >= 15 is 0 Å². The Kier molecular flexibility index (Phi) is 7.76. The summed E-state index contributed by atoms with van der Waals surface area (Å²) in [4.78, 5) is 12.9. The van der Waals surface area contributed by atoms with E-state index in [1.54, 1.807) is 7.11 Å². The number of para-hydroxylation sites is 1. The van der Waals surface area contributed by atoms with Gasteiger partial charge >= 0.3 is 5.97 Å². The van der Waals surface area contributed by atoms with Crippen LogP contribution in [-0.2, 0) is 17.8 Å². The van der Waals surface area contributed by atoms with Crippen molar-refractivity contribution in [1.29, 1.82) is 0 Å². The fourth-order valence-corrected chi connectivity index (χ4v) is 3.99. The normalized spacial score (nSPS) is 10.9. The van der Waals surface area contributed by atoms with Crippen molar-refractivity contribution in [2.75, 3.05) is 19.1 Å². The second-order valence-corrected chi connectivity index (χ2v) is 7.75. The van der Waals surface area contributed by atoms with Crippen molar-refractivity contribution in [2.45, 2.75) is 39.8 Å². The molecule has 0 aliphatic rings. The zero-order valence-electron chi connectivity index (χ0n) is 17.6. The van der Waals surface area contributed by atoms with Crippen LogP contribution in [0.2, 0.25) is 0 Å². The molecule has 7 heteroatoms. The number of esters is 1. The third-order valence-corrected chi connectivity index (χ3v) is 5.54. The fourth-order valence-electron chi connectivity index (χ4n) is 3.50. The third-order valence-electron chi connectivity index (χ3n) is 4.92. The lowest BCUT2D eigenvalue weighted by Crippen LogP contribution is -2.24. The predicted octanol–water partition coefficient (Wildman–Crippen LogP) is 5.51. The number of benzene rings is 2. The van der Waals surface area contributed by atoms with E-state index in [1.165, 1.54) is 0 Å². The lowest BCUT2D eigenvalue weighted by molar-refractivity contribution is 0.0527. The number of halogens is 1. The zero-order chi connectivity index (χ0) is 21.5. The number of hydrogen-bond donors (Lipinski definition) is 2. The van der Waals surface area contributed by atoms with Gasteiger partial charge in [-0.05, 0) is 53.5 Å². The number of nitrogens with one attached hydrogen (secondary N) is 2. The third kappa shape index (κ3) is 4.79. The highest BCUT2D eigenvalue weighted by Gasteiger charge is 2.24. The summed E-state index contributed by atoms with van der Waals surface area (Å²) in [5, 5.41) is 0.834. The summed E-state index contributed by atoms with van der Waals surface area (Å²) in [7, 11) is 1.62. The molecule has 0 amide bonds. The second kappa shape index (κ2) is 10.5. The van der Waals surface area contributed by atoms with Gasteiger partial charge in [0.2, 0.25) is 0 Å². The first-order chi connectivity index (χ1) is 14.6. The van der Waals surface area contributed by atoms with E-state index in [0.717, 1.165) is 46.1 Å². The van der Waals surface area contributed by atoms with Gasteiger partial charge in [-0.2, -0.15) is 0 Å². The predicted molar refractivity (Wildman–Crippen MR) is 124 cm³/mol. The molecule has 1 heterocycles. The summed E-state index contributed by atoms with van der Waals surface area (Å²) in [5.74, 6) is 0.362. The Morgan fingerprint density at radius 2 is 1.93 bits per heavy atom. The number of unbranched alkanes of at least 4 members (excludes halogenated alkanes) is 1. The van der Waals surface area contributed by atoms with E-state index in [0.29, 0.717) is 24.5 Å². The summed E-state index contributed by atoms with van der Waals surface area (Å²) in [5.41, 5.74) is 9.86. The number of methoxy groups -OCH3 is 1. The number of carbonyl (C=O) groups is 1. The van der Waals surface area contributed by atoms with Crippen LogP contribution in [0.1, 0.15) is 42.7 Å². The Labute approximate surface area is 185 Å². The number of fused-ring (bicyclic) bond motifs is 1. The van der Waals surface area contributed by atoms with Crippen LogP contribution in [0.25, 0.3) is 10.9 Å². The molecule has 0 aliphatic heterocycles. The maximum absolute atomic E-state index is 12.9. The van der Waals surface area contributed by atoms with Crippen molar-refractivity contribution in [3.05, 3.63) is 58.2 Å². The van der Waals surface area contributed by atoms with Crippen molar-refractivity contribution >= 4 is 38.5 Å². The molecule has 3 rings (SSSR count). The van der Waals surface area contributed by atoms with Crippen LogP contribution in [0.4, 0.5) is 5.69 Å².